The number of nitrogens with zero attached hydrogens (tertiary/aromatic N) is 2. The zero-order valence-electron chi connectivity index (χ0n) is 17.9. The lowest BCUT2D eigenvalue weighted by atomic mass is 9.76. The molecule has 1 unspecified atom stereocenters. The van der Waals surface area contributed by atoms with Gasteiger partial charge in [0.1, 0.15) is 0 Å². The van der Waals surface area contributed by atoms with Crippen LogP contribution < -0.4 is 4.90 Å². The second kappa shape index (κ2) is 7.51. The van der Waals surface area contributed by atoms with E-state index >= 15 is 0 Å². The second-order valence-electron chi connectivity index (χ2n) is 9.77. The molecule has 4 nitrogen and oxygen atoms in total. The van der Waals surface area contributed by atoms with E-state index in [4.69, 9.17) is 0 Å². The Bertz CT molecular complexity index is 894. The van der Waals surface area contributed by atoms with Gasteiger partial charge in [-0.05, 0) is 81.3 Å². The Balaban J connectivity index is 1.22. The van der Waals surface area contributed by atoms with Gasteiger partial charge in [0.25, 0.3) is 0 Å². The lowest BCUT2D eigenvalue weighted by Gasteiger charge is -2.40. The highest BCUT2D eigenvalue weighted by Gasteiger charge is 2.48. The summed E-state index contributed by atoms with van der Waals surface area (Å²) in [6.45, 7) is 5.05. The second-order valence-corrected chi connectivity index (χ2v) is 9.77. The van der Waals surface area contributed by atoms with E-state index in [-0.39, 0.29) is 5.41 Å². The first-order chi connectivity index (χ1) is 14.5. The average Bonchev–Trinajstić information content (AvgIpc) is 3.57. The van der Waals surface area contributed by atoms with Crippen LogP contribution in [-0.4, -0.2) is 42.1 Å². The molecular formula is C26H32N2O2. The first kappa shape index (κ1) is 19.8. The summed E-state index contributed by atoms with van der Waals surface area (Å²) in [5.74, 6) is 1.05. The lowest BCUT2D eigenvalue weighted by molar-refractivity contribution is -0.128. The van der Waals surface area contributed by atoms with Crippen LogP contribution in [0.4, 0.5) is 5.69 Å². The van der Waals surface area contributed by atoms with Crippen LogP contribution in [0.25, 0.3) is 0 Å². The molecule has 2 saturated heterocycles. The number of β-amino-alcohol motifs (C(OH)–C–C–N with tert-alkyl or cyclic N) is 1. The number of aliphatic hydroxyl groups is 1. The molecule has 3 aliphatic rings. The maximum absolute atomic E-state index is 13.4. The maximum Gasteiger partial charge on any atom is 0.233 e. The van der Waals surface area contributed by atoms with Crippen LogP contribution in [0, 0.1) is 5.41 Å². The summed E-state index contributed by atoms with van der Waals surface area (Å²) in [5, 5.41) is 11.0. The molecule has 4 heteroatoms. The summed E-state index contributed by atoms with van der Waals surface area (Å²) >= 11 is 0. The number of anilines is 1. The van der Waals surface area contributed by atoms with E-state index < -0.39 is 5.60 Å². The number of hydrogen-bond donors (Lipinski definition) is 1. The lowest BCUT2D eigenvalue weighted by Crippen LogP contribution is -2.48. The summed E-state index contributed by atoms with van der Waals surface area (Å²) in [6, 6.07) is 18.6. The minimum Gasteiger partial charge on any atom is -0.384 e. The van der Waals surface area contributed by atoms with Crippen molar-refractivity contribution < 1.29 is 9.90 Å². The molecule has 2 aromatic carbocycles. The van der Waals surface area contributed by atoms with Crippen molar-refractivity contribution in [3.8, 4) is 0 Å². The van der Waals surface area contributed by atoms with Gasteiger partial charge in [-0.1, -0.05) is 42.5 Å². The molecule has 30 heavy (non-hydrogen) atoms. The highest BCUT2D eigenvalue weighted by Crippen LogP contribution is 2.44. The fraction of sp³-hybridized carbons (Fsp3) is 0.500. The predicted molar refractivity (Wildman–Crippen MR) is 120 cm³/mol. The van der Waals surface area contributed by atoms with Gasteiger partial charge in [0.15, 0.2) is 0 Å². The molecule has 1 aliphatic carbocycles. The number of benzene rings is 2. The van der Waals surface area contributed by atoms with Crippen molar-refractivity contribution in [1.29, 1.82) is 0 Å². The third-order valence-electron chi connectivity index (χ3n) is 7.51. The van der Waals surface area contributed by atoms with Crippen LogP contribution in [0.15, 0.2) is 54.6 Å². The zero-order chi connectivity index (χ0) is 20.8. The van der Waals surface area contributed by atoms with Gasteiger partial charge in [0.05, 0.1) is 11.0 Å². The standard InChI is InChI=1S/C26H32N2O2/c1-25(30,22-5-3-2-4-6-22)19-27-16-13-26(14-17-27)15-18-28(24(26)29)23-11-9-21(10-12-23)20-7-8-20/h2-6,9-12,20,30H,7-8,13-19H2,1H3. The van der Waals surface area contributed by atoms with Crippen LogP contribution in [0.1, 0.15) is 56.1 Å². The van der Waals surface area contributed by atoms with Crippen molar-refractivity contribution in [3.05, 3.63) is 65.7 Å². The minimum absolute atomic E-state index is 0.218. The van der Waals surface area contributed by atoms with Crippen LogP contribution in [0.2, 0.25) is 0 Å². The number of likely N-dealkylation sites (tertiary alicyclic amines) is 1. The number of piperidine rings is 1. The molecule has 3 fully saturated rings. The molecule has 1 amide bonds. The van der Waals surface area contributed by atoms with Gasteiger partial charge < -0.3 is 14.9 Å². The van der Waals surface area contributed by atoms with Crippen molar-refractivity contribution in [2.24, 2.45) is 5.41 Å². The molecule has 2 aliphatic heterocycles. The molecule has 0 bridgehead atoms. The van der Waals surface area contributed by atoms with Crippen LogP contribution >= 0.6 is 0 Å². The van der Waals surface area contributed by atoms with Gasteiger partial charge in [-0.2, -0.15) is 0 Å². The monoisotopic (exact) mass is 404 g/mol. The Kier molecular flexibility index (Phi) is 4.95. The molecule has 2 heterocycles. The molecule has 1 N–H and O–H groups in total. The average molecular weight is 405 g/mol. The highest BCUT2D eigenvalue weighted by molar-refractivity contribution is 6.00. The minimum atomic E-state index is -0.874. The Morgan fingerprint density at radius 2 is 1.60 bits per heavy atom. The van der Waals surface area contributed by atoms with E-state index in [1.165, 1.54) is 18.4 Å². The van der Waals surface area contributed by atoms with E-state index in [2.05, 4.69) is 29.2 Å². The molecule has 158 valence electrons. The Morgan fingerprint density at radius 3 is 2.23 bits per heavy atom. The molecule has 0 aromatic heterocycles. The van der Waals surface area contributed by atoms with Gasteiger partial charge in [-0.25, -0.2) is 0 Å². The van der Waals surface area contributed by atoms with E-state index in [1.54, 1.807) is 0 Å². The smallest absolute Gasteiger partial charge is 0.233 e. The van der Waals surface area contributed by atoms with Crippen molar-refractivity contribution in [2.45, 2.75) is 50.5 Å². The maximum atomic E-state index is 13.4. The Morgan fingerprint density at radius 1 is 0.967 bits per heavy atom. The number of hydrogen-bond acceptors (Lipinski definition) is 3. The van der Waals surface area contributed by atoms with Gasteiger partial charge in [0, 0.05) is 18.8 Å². The molecule has 0 radical (unpaired) electrons. The van der Waals surface area contributed by atoms with E-state index in [1.807, 2.05) is 42.2 Å². The first-order valence-corrected chi connectivity index (χ1v) is 11.4. The van der Waals surface area contributed by atoms with E-state index in [0.717, 1.165) is 56.1 Å². The molecule has 2 aromatic rings. The highest BCUT2D eigenvalue weighted by atomic mass is 16.3. The Hall–Kier alpha value is -2.17. The number of carbonyl (C=O) groups is 1. The molecule has 5 rings (SSSR count). The fourth-order valence-electron chi connectivity index (χ4n) is 5.34. The molecule has 1 spiro atoms. The SMILES string of the molecule is CC(O)(CN1CCC2(CC1)CCN(c1ccc(C3CC3)cc1)C2=O)c1ccccc1. The van der Waals surface area contributed by atoms with Gasteiger partial charge >= 0.3 is 0 Å². The quantitative estimate of drug-likeness (QED) is 0.808. The fourth-order valence-corrected chi connectivity index (χ4v) is 5.34. The predicted octanol–water partition coefficient (Wildman–Crippen LogP) is 4.29. The van der Waals surface area contributed by atoms with E-state index in [0.29, 0.717) is 12.5 Å². The van der Waals surface area contributed by atoms with Gasteiger partial charge in [-0.15, -0.1) is 0 Å². The summed E-state index contributed by atoms with van der Waals surface area (Å²) in [4.78, 5) is 17.7. The largest absolute Gasteiger partial charge is 0.384 e. The summed E-state index contributed by atoms with van der Waals surface area (Å²) in [6.07, 6.45) is 5.32. The third-order valence-corrected chi connectivity index (χ3v) is 7.51. The zero-order valence-corrected chi connectivity index (χ0v) is 17.9. The number of carbonyl (C=O) groups excluding carboxylic acids is 1. The van der Waals surface area contributed by atoms with Crippen LogP contribution in [-0.2, 0) is 10.4 Å². The topological polar surface area (TPSA) is 43.8 Å². The molecular weight excluding hydrogens is 372 g/mol. The van der Waals surface area contributed by atoms with Gasteiger partial charge in [-0.3, -0.25) is 4.79 Å². The van der Waals surface area contributed by atoms with Crippen LogP contribution in [0.3, 0.4) is 0 Å². The normalized spacial score (nSPS) is 23.7. The van der Waals surface area contributed by atoms with E-state index in [9.17, 15) is 9.90 Å². The van der Waals surface area contributed by atoms with Crippen molar-refractivity contribution in [2.75, 3.05) is 31.1 Å². The third kappa shape index (κ3) is 3.67. The summed E-state index contributed by atoms with van der Waals surface area (Å²) < 4.78 is 0. The Labute approximate surface area is 179 Å². The van der Waals surface area contributed by atoms with Crippen LogP contribution in [0.5, 0.6) is 0 Å². The molecule has 1 atom stereocenters. The van der Waals surface area contributed by atoms with Crippen molar-refractivity contribution in [1.82, 2.24) is 4.90 Å². The van der Waals surface area contributed by atoms with Crippen molar-refractivity contribution in [3.63, 3.8) is 0 Å². The van der Waals surface area contributed by atoms with Gasteiger partial charge in [0.2, 0.25) is 5.91 Å². The first-order valence-electron chi connectivity index (χ1n) is 11.4. The number of amides is 1. The summed E-state index contributed by atoms with van der Waals surface area (Å²) in [7, 11) is 0. The summed E-state index contributed by atoms with van der Waals surface area (Å²) in [5.41, 5.74) is 2.32. The number of rotatable bonds is 5. The molecule has 1 saturated carbocycles. The van der Waals surface area contributed by atoms with Crippen molar-refractivity contribution >= 4 is 11.6 Å².